The Balaban J connectivity index is 1.47. The minimum atomic E-state index is -0.313. The first kappa shape index (κ1) is 26.5. The van der Waals surface area contributed by atoms with Crippen molar-refractivity contribution in [1.82, 2.24) is 14.5 Å². The normalized spacial score (nSPS) is 11.4. The zero-order valence-electron chi connectivity index (χ0n) is 21.7. The molecule has 0 saturated heterocycles. The number of allylic oxidation sites excluding steroid dienone is 1. The summed E-state index contributed by atoms with van der Waals surface area (Å²) in [6.07, 6.45) is 6.73. The smallest absolute Gasteiger partial charge is 0.268 e. The molecule has 0 aliphatic heterocycles. The molecular weight excluding hydrogens is 522 g/mol. The molecule has 0 radical (unpaired) electrons. The van der Waals surface area contributed by atoms with Crippen LogP contribution in [0, 0.1) is 5.41 Å². The highest BCUT2D eigenvalue weighted by Crippen LogP contribution is 2.28. The van der Waals surface area contributed by atoms with E-state index in [1.54, 1.807) is 42.4 Å². The van der Waals surface area contributed by atoms with Gasteiger partial charge in [-0.15, -0.1) is 11.3 Å². The molecule has 0 bridgehead atoms. The van der Waals surface area contributed by atoms with E-state index in [0.717, 1.165) is 22.2 Å². The first-order chi connectivity index (χ1) is 19.5. The fourth-order valence-electron chi connectivity index (χ4n) is 4.31. The number of hydrogen-bond acceptors (Lipinski definition) is 7. The van der Waals surface area contributed by atoms with Crippen molar-refractivity contribution >= 4 is 57.6 Å². The van der Waals surface area contributed by atoms with Crippen molar-refractivity contribution in [2.24, 2.45) is 5.73 Å². The molecule has 0 aliphatic carbocycles. The minimum absolute atomic E-state index is 0.131. The molecular formula is C30H27N7O2S. The second-order valence-corrected chi connectivity index (χ2v) is 10.1. The van der Waals surface area contributed by atoms with Gasteiger partial charge in [-0.3, -0.25) is 19.9 Å². The number of thiophene rings is 1. The van der Waals surface area contributed by atoms with Gasteiger partial charge in [-0.05, 0) is 60.5 Å². The number of carbonyl (C=O) groups excluding carboxylic acids is 2. The van der Waals surface area contributed by atoms with E-state index in [9.17, 15) is 9.59 Å². The van der Waals surface area contributed by atoms with Crippen molar-refractivity contribution in [3.8, 4) is 0 Å². The summed E-state index contributed by atoms with van der Waals surface area (Å²) in [4.78, 5) is 38.0. The second kappa shape index (κ2) is 11.7. The van der Waals surface area contributed by atoms with Crippen LogP contribution in [0.3, 0.4) is 0 Å². The first-order valence-electron chi connectivity index (χ1n) is 12.5. The molecule has 0 aliphatic rings. The van der Waals surface area contributed by atoms with Crippen LogP contribution >= 0.6 is 11.3 Å². The van der Waals surface area contributed by atoms with Gasteiger partial charge < -0.3 is 20.6 Å². The summed E-state index contributed by atoms with van der Waals surface area (Å²) in [5, 5.41) is 10.5. The Labute approximate surface area is 235 Å². The molecule has 200 valence electrons. The molecule has 9 nitrogen and oxygen atoms in total. The highest BCUT2D eigenvalue weighted by Gasteiger charge is 2.19. The number of imidazole rings is 1. The van der Waals surface area contributed by atoms with Crippen molar-refractivity contribution < 1.29 is 9.59 Å². The van der Waals surface area contributed by atoms with Gasteiger partial charge in [-0.2, -0.15) is 0 Å². The lowest BCUT2D eigenvalue weighted by Gasteiger charge is -2.17. The van der Waals surface area contributed by atoms with Gasteiger partial charge in [-0.1, -0.05) is 24.3 Å². The van der Waals surface area contributed by atoms with Gasteiger partial charge in [0.25, 0.3) is 11.8 Å². The van der Waals surface area contributed by atoms with Crippen molar-refractivity contribution in [3.63, 3.8) is 0 Å². The number of aromatic nitrogens is 3. The number of amides is 2. The Morgan fingerprint density at radius 2 is 1.88 bits per heavy atom. The van der Waals surface area contributed by atoms with Crippen molar-refractivity contribution in [2.75, 3.05) is 17.3 Å². The fraction of sp³-hybridized carbons (Fsp3) is 0.100. The Hall–Kier alpha value is -5.09. The van der Waals surface area contributed by atoms with Crippen LogP contribution in [0.2, 0.25) is 0 Å². The maximum absolute atomic E-state index is 13.2. The lowest BCUT2D eigenvalue weighted by atomic mass is 10.2. The van der Waals surface area contributed by atoms with Crippen LogP contribution in [0.15, 0.2) is 91.4 Å². The number of pyridine rings is 1. The molecule has 0 atom stereocenters. The van der Waals surface area contributed by atoms with Crippen LogP contribution in [-0.4, -0.2) is 39.6 Å². The molecule has 10 heteroatoms. The van der Waals surface area contributed by atoms with Gasteiger partial charge in [0.05, 0.1) is 15.9 Å². The van der Waals surface area contributed by atoms with E-state index in [1.807, 2.05) is 59.3 Å². The first-order valence-corrected chi connectivity index (χ1v) is 13.4. The van der Waals surface area contributed by atoms with Gasteiger partial charge >= 0.3 is 0 Å². The van der Waals surface area contributed by atoms with E-state index in [-0.39, 0.29) is 11.8 Å². The van der Waals surface area contributed by atoms with Gasteiger partial charge in [0.1, 0.15) is 0 Å². The number of carbonyl (C=O) groups is 2. The largest absolute Gasteiger partial charge is 0.404 e. The van der Waals surface area contributed by atoms with Gasteiger partial charge in [0, 0.05) is 60.1 Å². The number of nitrogens with zero attached hydrogens (tertiary/aromatic N) is 4. The number of aryl methyl sites for hydroxylation is 2. The van der Waals surface area contributed by atoms with Crippen molar-refractivity contribution in [1.29, 1.82) is 5.41 Å². The van der Waals surface area contributed by atoms with Gasteiger partial charge in [0.15, 0.2) is 0 Å². The third-order valence-electron chi connectivity index (χ3n) is 6.47. The van der Waals surface area contributed by atoms with Gasteiger partial charge in [0.2, 0.25) is 5.95 Å². The lowest BCUT2D eigenvalue weighted by molar-refractivity contribution is 0.0991. The molecule has 2 aromatic carbocycles. The summed E-state index contributed by atoms with van der Waals surface area (Å²) in [5.41, 5.74) is 9.95. The number of hydrogen-bond donors (Lipinski definition) is 3. The molecule has 5 aromatic rings. The average molecular weight is 550 g/mol. The summed E-state index contributed by atoms with van der Waals surface area (Å²) in [6, 6.07) is 22.1. The summed E-state index contributed by atoms with van der Waals surface area (Å²) >= 11 is 1.25. The third kappa shape index (κ3) is 5.52. The van der Waals surface area contributed by atoms with E-state index < -0.39 is 0 Å². The molecule has 40 heavy (non-hydrogen) atoms. The molecule has 0 spiro atoms. The van der Waals surface area contributed by atoms with Crippen LogP contribution < -0.4 is 16.0 Å². The quantitative estimate of drug-likeness (QED) is 0.217. The summed E-state index contributed by atoms with van der Waals surface area (Å²) < 4.78 is 1.96. The monoisotopic (exact) mass is 549 g/mol. The average Bonchev–Trinajstić information content (AvgIpc) is 3.61. The summed E-state index contributed by atoms with van der Waals surface area (Å²) in [6.45, 7) is 0.555. The highest BCUT2D eigenvalue weighted by molar-refractivity contribution is 7.15. The predicted molar refractivity (Wildman–Crippen MR) is 160 cm³/mol. The molecule has 5 rings (SSSR count). The maximum Gasteiger partial charge on any atom is 0.268 e. The molecule has 3 heterocycles. The Morgan fingerprint density at radius 1 is 1.07 bits per heavy atom. The summed E-state index contributed by atoms with van der Waals surface area (Å²) in [5.74, 6) is -0.0457. The van der Waals surface area contributed by atoms with E-state index in [2.05, 4.69) is 10.3 Å². The number of fused-ring (bicyclic) bond motifs is 1. The van der Waals surface area contributed by atoms with Crippen LogP contribution in [0.1, 0.15) is 30.5 Å². The van der Waals surface area contributed by atoms with Crippen LogP contribution in [0.25, 0.3) is 16.6 Å². The number of nitrogens with one attached hydrogen (secondary N) is 2. The molecule has 3 aromatic heterocycles. The standard InChI is InChI=1S/C30H27N7O2S/c1-36(29(39)21-7-3-2-4-8-21)23-9-10-25-24(16-23)34-30(37(25)15-13-20-6-5-14-33-19-20)35-28(38)27-12-11-26(40-27)22(17-31)18-32/h2-12,14,16-19,31H,13,15,32H2,1H3,(H,34,35,38)/b22-18+,31-17?. The number of anilines is 2. The zero-order valence-corrected chi connectivity index (χ0v) is 22.6. The van der Waals surface area contributed by atoms with E-state index in [1.165, 1.54) is 17.5 Å². The SMILES string of the molecule is CN(C(=O)c1ccccc1)c1ccc2c(c1)nc(NC(=O)c1ccc(/C(C=N)=C/N)s1)n2CCc1cccnc1. The number of rotatable bonds is 9. The maximum atomic E-state index is 13.2. The predicted octanol–water partition coefficient (Wildman–Crippen LogP) is 5.21. The zero-order chi connectivity index (χ0) is 28.1. The summed E-state index contributed by atoms with van der Waals surface area (Å²) in [7, 11) is 1.73. The minimum Gasteiger partial charge on any atom is -0.404 e. The van der Waals surface area contributed by atoms with Crippen molar-refractivity contribution in [2.45, 2.75) is 13.0 Å². The molecule has 0 unspecified atom stereocenters. The third-order valence-corrected chi connectivity index (χ3v) is 7.60. The topological polar surface area (TPSA) is 130 Å². The number of benzene rings is 2. The Morgan fingerprint density at radius 3 is 2.60 bits per heavy atom. The van der Waals surface area contributed by atoms with Gasteiger partial charge in [-0.25, -0.2) is 4.98 Å². The second-order valence-electron chi connectivity index (χ2n) is 8.99. The van der Waals surface area contributed by atoms with Crippen LogP contribution in [0.4, 0.5) is 11.6 Å². The highest BCUT2D eigenvalue weighted by atomic mass is 32.1. The van der Waals surface area contributed by atoms with Crippen LogP contribution in [-0.2, 0) is 13.0 Å². The molecule has 0 fully saturated rings. The molecule has 4 N–H and O–H groups in total. The molecule has 0 saturated carbocycles. The van der Waals surface area contributed by atoms with Crippen LogP contribution in [0.5, 0.6) is 0 Å². The van der Waals surface area contributed by atoms with E-state index in [4.69, 9.17) is 16.1 Å². The fourth-order valence-corrected chi connectivity index (χ4v) is 5.20. The number of nitrogens with two attached hydrogens (primary N) is 1. The Kier molecular flexibility index (Phi) is 7.79. The van der Waals surface area contributed by atoms with E-state index in [0.29, 0.717) is 46.1 Å². The lowest BCUT2D eigenvalue weighted by Crippen LogP contribution is -2.26. The molecule has 2 amide bonds. The Bertz CT molecular complexity index is 1710. The van der Waals surface area contributed by atoms with Crippen molar-refractivity contribution in [3.05, 3.63) is 112 Å². The van der Waals surface area contributed by atoms with E-state index >= 15 is 0 Å².